The Labute approximate surface area is 115 Å². The first-order valence-electron chi connectivity index (χ1n) is 5.55. The largest absolute Gasteiger partial charge is 0.508 e. The second-order valence-corrected chi connectivity index (χ2v) is 4.74. The van der Waals surface area contributed by atoms with Crippen LogP contribution in [0.3, 0.4) is 0 Å². The number of para-hydroxylation sites is 2. The zero-order valence-electron chi connectivity index (χ0n) is 9.98. The van der Waals surface area contributed by atoms with Crippen LogP contribution in [0.25, 0.3) is 0 Å². The number of benzene rings is 2. The van der Waals surface area contributed by atoms with E-state index in [2.05, 4.69) is 21.2 Å². The summed E-state index contributed by atoms with van der Waals surface area (Å²) in [7, 11) is 1.64. The van der Waals surface area contributed by atoms with Gasteiger partial charge in [-0.1, -0.05) is 28.1 Å². The third kappa shape index (κ3) is 2.96. The van der Waals surface area contributed by atoms with Gasteiger partial charge in [-0.15, -0.1) is 0 Å². The molecule has 0 heterocycles. The van der Waals surface area contributed by atoms with Crippen LogP contribution in [0.2, 0.25) is 0 Å². The molecule has 3 nitrogen and oxygen atoms in total. The van der Waals surface area contributed by atoms with Crippen LogP contribution in [0, 0.1) is 0 Å². The van der Waals surface area contributed by atoms with E-state index < -0.39 is 0 Å². The number of hydrogen-bond donors (Lipinski definition) is 2. The van der Waals surface area contributed by atoms with Gasteiger partial charge in [-0.25, -0.2) is 0 Å². The van der Waals surface area contributed by atoms with Gasteiger partial charge >= 0.3 is 0 Å². The second kappa shape index (κ2) is 5.78. The molecular weight excluding hydrogens is 294 g/mol. The first-order chi connectivity index (χ1) is 8.70. The summed E-state index contributed by atoms with van der Waals surface area (Å²) < 4.78 is 6.20. The van der Waals surface area contributed by atoms with Crippen LogP contribution in [-0.2, 0) is 6.54 Å². The average molecular weight is 308 g/mol. The van der Waals surface area contributed by atoms with Crippen molar-refractivity contribution in [2.24, 2.45) is 0 Å². The fourth-order valence-electron chi connectivity index (χ4n) is 1.68. The SMILES string of the molecule is COc1ccccc1NCc1cc(Br)ccc1O. The van der Waals surface area contributed by atoms with Gasteiger partial charge in [0.25, 0.3) is 0 Å². The molecule has 2 N–H and O–H groups in total. The third-order valence-corrected chi connectivity index (χ3v) is 3.11. The van der Waals surface area contributed by atoms with Crippen LogP contribution < -0.4 is 10.1 Å². The second-order valence-electron chi connectivity index (χ2n) is 3.83. The Hall–Kier alpha value is -1.68. The van der Waals surface area contributed by atoms with Crippen molar-refractivity contribution >= 4 is 21.6 Å². The number of phenols is 1. The molecule has 0 spiro atoms. The van der Waals surface area contributed by atoms with Crippen molar-refractivity contribution < 1.29 is 9.84 Å². The number of nitrogens with one attached hydrogen (secondary N) is 1. The first kappa shape index (κ1) is 12.8. The highest BCUT2D eigenvalue weighted by molar-refractivity contribution is 9.10. The number of phenolic OH excluding ortho intramolecular Hbond substituents is 1. The predicted octanol–water partition coefficient (Wildman–Crippen LogP) is 3.78. The zero-order chi connectivity index (χ0) is 13.0. The lowest BCUT2D eigenvalue weighted by Gasteiger charge is -2.11. The fourth-order valence-corrected chi connectivity index (χ4v) is 2.09. The summed E-state index contributed by atoms with van der Waals surface area (Å²) in [6.07, 6.45) is 0. The first-order valence-corrected chi connectivity index (χ1v) is 6.34. The molecule has 0 saturated carbocycles. The lowest BCUT2D eigenvalue weighted by atomic mass is 10.2. The summed E-state index contributed by atoms with van der Waals surface area (Å²) in [5, 5.41) is 13.0. The highest BCUT2D eigenvalue weighted by atomic mass is 79.9. The van der Waals surface area contributed by atoms with Gasteiger partial charge in [-0.2, -0.15) is 0 Å². The van der Waals surface area contributed by atoms with Gasteiger partial charge in [-0.3, -0.25) is 0 Å². The Kier molecular flexibility index (Phi) is 4.10. The summed E-state index contributed by atoms with van der Waals surface area (Å²) in [5.74, 6) is 1.06. The number of ether oxygens (including phenoxy) is 1. The molecule has 94 valence electrons. The lowest BCUT2D eigenvalue weighted by molar-refractivity contribution is 0.416. The molecule has 0 radical (unpaired) electrons. The van der Waals surface area contributed by atoms with Gasteiger partial charge in [-0.05, 0) is 30.3 Å². The standard InChI is InChI=1S/C14H14BrNO2/c1-18-14-5-3-2-4-12(14)16-9-10-8-11(15)6-7-13(10)17/h2-8,16-17H,9H2,1H3. The van der Waals surface area contributed by atoms with E-state index >= 15 is 0 Å². The van der Waals surface area contributed by atoms with Gasteiger partial charge in [0.2, 0.25) is 0 Å². The Morgan fingerprint density at radius 2 is 2.00 bits per heavy atom. The quantitative estimate of drug-likeness (QED) is 0.903. The molecule has 4 heteroatoms. The molecule has 0 fully saturated rings. The highest BCUT2D eigenvalue weighted by Crippen LogP contribution is 2.26. The zero-order valence-corrected chi connectivity index (χ0v) is 11.6. The van der Waals surface area contributed by atoms with E-state index in [0.717, 1.165) is 21.5 Å². The molecule has 0 aliphatic heterocycles. The fraction of sp³-hybridized carbons (Fsp3) is 0.143. The Bertz CT molecular complexity index is 543. The number of halogens is 1. The Morgan fingerprint density at radius 3 is 2.78 bits per heavy atom. The molecule has 0 atom stereocenters. The molecule has 2 rings (SSSR count). The molecular formula is C14H14BrNO2. The molecule has 0 aliphatic rings. The van der Waals surface area contributed by atoms with Crippen LogP contribution in [0.5, 0.6) is 11.5 Å². The van der Waals surface area contributed by atoms with Crippen molar-refractivity contribution in [3.05, 3.63) is 52.5 Å². The van der Waals surface area contributed by atoms with Crippen molar-refractivity contribution in [3.8, 4) is 11.5 Å². The lowest BCUT2D eigenvalue weighted by Crippen LogP contribution is -2.01. The van der Waals surface area contributed by atoms with Crippen LogP contribution in [0.1, 0.15) is 5.56 Å². The molecule has 0 amide bonds. The predicted molar refractivity (Wildman–Crippen MR) is 76.1 cm³/mol. The average Bonchev–Trinajstić information content (AvgIpc) is 2.40. The van der Waals surface area contributed by atoms with E-state index in [4.69, 9.17) is 4.74 Å². The van der Waals surface area contributed by atoms with Crippen molar-refractivity contribution in [1.82, 2.24) is 0 Å². The smallest absolute Gasteiger partial charge is 0.141 e. The van der Waals surface area contributed by atoms with E-state index in [0.29, 0.717) is 6.54 Å². The normalized spacial score (nSPS) is 10.1. The monoisotopic (exact) mass is 307 g/mol. The van der Waals surface area contributed by atoms with Gasteiger partial charge in [0.15, 0.2) is 0 Å². The van der Waals surface area contributed by atoms with Gasteiger partial charge in [0.05, 0.1) is 12.8 Å². The van der Waals surface area contributed by atoms with Crippen LogP contribution in [0.4, 0.5) is 5.69 Å². The van der Waals surface area contributed by atoms with Crippen molar-refractivity contribution in [2.45, 2.75) is 6.54 Å². The van der Waals surface area contributed by atoms with Gasteiger partial charge < -0.3 is 15.2 Å². The number of hydrogen-bond acceptors (Lipinski definition) is 3. The molecule has 0 aromatic heterocycles. The number of methoxy groups -OCH3 is 1. The summed E-state index contributed by atoms with van der Waals surface area (Å²) in [4.78, 5) is 0. The maximum absolute atomic E-state index is 9.75. The molecule has 0 unspecified atom stereocenters. The number of anilines is 1. The van der Waals surface area contributed by atoms with Crippen LogP contribution in [0.15, 0.2) is 46.9 Å². The minimum Gasteiger partial charge on any atom is -0.508 e. The maximum atomic E-state index is 9.75. The third-order valence-electron chi connectivity index (χ3n) is 2.62. The number of aromatic hydroxyl groups is 1. The molecule has 2 aromatic rings. The van der Waals surface area contributed by atoms with E-state index in [-0.39, 0.29) is 5.75 Å². The summed E-state index contributed by atoms with van der Waals surface area (Å²) in [6.45, 7) is 0.533. The topological polar surface area (TPSA) is 41.5 Å². The Morgan fingerprint density at radius 1 is 1.22 bits per heavy atom. The molecule has 0 saturated heterocycles. The van der Waals surface area contributed by atoms with E-state index in [1.807, 2.05) is 36.4 Å². The molecule has 18 heavy (non-hydrogen) atoms. The maximum Gasteiger partial charge on any atom is 0.141 e. The number of rotatable bonds is 4. The summed E-state index contributed by atoms with van der Waals surface area (Å²) in [6, 6.07) is 13.0. The van der Waals surface area contributed by atoms with Gasteiger partial charge in [0.1, 0.15) is 11.5 Å². The van der Waals surface area contributed by atoms with Crippen molar-refractivity contribution in [3.63, 3.8) is 0 Å². The minimum absolute atomic E-state index is 0.278. The minimum atomic E-state index is 0.278. The molecule has 2 aromatic carbocycles. The Balaban J connectivity index is 2.14. The van der Waals surface area contributed by atoms with Crippen LogP contribution in [-0.4, -0.2) is 12.2 Å². The van der Waals surface area contributed by atoms with Crippen LogP contribution >= 0.6 is 15.9 Å². The van der Waals surface area contributed by atoms with Crippen molar-refractivity contribution in [2.75, 3.05) is 12.4 Å². The highest BCUT2D eigenvalue weighted by Gasteiger charge is 2.04. The summed E-state index contributed by atoms with van der Waals surface area (Å²) in [5.41, 5.74) is 1.73. The van der Waals surface area contributed by atoms with E-state index in [9.17, 15) is 5.11 Å². The van der Waals surface area contributed by atoms with E-state index in [1.54, 1.807) is 13.2 Å². The molecule has 0 aliphatic carbocycles. The van der Waals surface area contributed by atoms with Crippen molar-refractivity contribution in [1.29, 1.82) is 0 Å². The van der Waals surface area contributed by atoms with Gasteiger partial charge in [0, 0.05) is 16.6 Å². The molecule has 0 bridgehead atoms. The summed E-state index contributed by atoms with van der Waals surface area (Å²) >= 11 is 3.39. The van der Waals surface area contributed by atoms with E-state index in [1.165, 1.54) is 0 Å².